The van der Waals surface area contributed by atoms with E-state index in [2.05, 4.69) is 24.1 Å². The lowest BCUT2D eigenvalue weighted by molar-refractivity contribution is -0.142. The Kier molecular flexibility index (Phi) is 7.50. The molecule has 1 aromatic heterocycles. The van der Waals surface area contributed by atoms with Gasteiger partial charge in [0.25, 0.3) is 0 Å². The van der Waals surface area contributed by atoms with Gasteiger partial charge in [-0.25, -0.2) is 14.3 Å². The highest BCUT2D eigenvalue weighted by Crippen LogP contribution is 2.32. The second-order valence-corrected chi connectivity index (χ2v) is 9.14. The summed E-state index contributed by atoms with van der Waals surface area (Å²) in [7, 11) is 0. The fourth-order valence-corrected chi connectivity index (χ4v) is 4.63. The summed E-state index contributed by atoms with van der Waals surface area (Å²) >= 11 is 0. The minimum atomic E-state index is -0.935. The van der Waals surface area contributed by atoms with E-state index in [0.717, 1.165) is 55.4 Å². The zero-order chi connectivity index (χ0) is 23.2. The second-order valence-electron chi connectivity index (χ2n) is 9.14. The van der Waals surface area contributed by atoms with Crippen molar-refractivity contribution in [3.8, 4) is 11.3 Å². The molecular weight excluding hydrogens is 418 g/mol. The number of carboxylic acids is 1. The van der Waals surface area contributed by atoms with Crippen LogP contribution in [0.3, 0.4) is 0 Å². The molecule has 0 amide bonds. The number of allylic oxidation sites excluding steroid dienone is 4. The van der Waals surface area contributed by atoms with E-state index in [1.165, 1.54) is 5.57 Å². The molecule has 0 radical (unpaired) electrons. The zero-order valence-electron chi connectivity index (χ0n) is 19.1. The van der Waals surface area contributed by atoms with Crippen molar-refractivity contribution in [2.75, 3.05) is 13.2 Å². The predicted molar refractivity (Wildman–Crippen MR) is 127 cm³/mol. The number of hydrogen-bond acceptors (Lipinski definition) is 5. The van der Waals surface area contributed by atoms with Crippen molar-refractivity contribution < 1.29 is 14.6 Å². The molecule has 1 fully saturated rings. The maximum absolute atomic E-state index is 12.9. The molecule has 7 nitrogen and oxygen atoms in total. The monoisotopic (exact) mass is 449 g/mol. The Balaban J connectivity index is 1.52. The third kappa shape index (κ3) is 6.05. The summed E-state index contributed by atoms with van der Waals surface area (Å²) in [5.41, 5.74) is 4.48. The molecule has 1 heterocycles. The molecule has 2 aromatic rings. The molecule has 174 valence electrons. The number of carboxylic acid groups (broad SMARTS) is 1. The van der Waals surface area contributed by atoms with Gasteiger partial charge in [-0.15, -0.1) is 0 Å². The number of benzene rings is 1. The number of rotatable bonds is 8. The average Bonchev–Trinajstić information content (AvgIpc) is 2.82. The van der Waals surface area contributed by atoms with Crippen LogP contribution >= 0.6 is 0 Å². The minimum Gasteiger partial charge on any atom is -0.480 e. The Morgan fingerprint density at radius 1 is 1.06 bits per heavy atom. The first-order valence-electron chi connectivity index (χ1n) is 11.7. The van der Waals surface area contributed by atoms with Gasteiger partial charge < -0.3 is 9.84 Å². The van der Waals surface area contributed by atoms with Gasteiger partial charge in [-0.05, 0) is 62.9 Å². The van der Waals surface area contributed by atoms with E-state index in [9.17, 15) is 9.59 Å². The van der Waals surface area contributed by atoms with E-state index in [1.807, 2.05) is 30.3 Å². The van der Waals surface area contributed by atoms with Crippen LogP contribution in [0.5, 0.6) is 0 Å². The summed E-state index contributed by atoms with van der Waals surface area (Å²) in [5.74, 6) is -0.206. The molecule has 0 unspecified atom stereocenters. The summed E-state index contributed by atoms with van der Waals surface area (Å²) in [4.78, 5) is 28.0. The van der Waals surface area contributed by atoms with Crippen molar-refractivity contribution in [1.82, 2.24) is 14.8 Å². The van der Waals surface area contributed by atoms with E-state index < -0.39 is 5.97 Å². The van der Waals surface area contributed by atoms with Crippen LogP contribution in [0.1, 0.15) is 51.1 Å². The lowest BCUT2D eigenvalue weighted by atomic mass is 9.82. The molecule has 1 aromatic carbocycles. The molecule has 33 heavy (non-hydrogen) atoms. The quantitative estimate of drug-likeness (QED) is 0.644. The second kappa shape index (κ2) is 10.7. The Morgan fingerprint density at radius 2 is 1.79 bits per heavy atom. The lowest BCUT2D eigenvalue weighted by Crippen LogP contribution is -2.32. The summed E-state index contributed by atoms with van der Waals surface area (Å²) in [6.45, 7) is 2.92. The van der Waals surface area contributed by atoms with Gasteiger partial charge in [0.05, 0.1) is 6.61 Å². The molecule has 0 saturated heterocycles. The molecule has 0 bridgehead atoms. The van der Waals surface area contributed by atoms with Crippen molar-refractivity contribution in [3.05, 3.63) is 64.2 Å². The number of ether oxygens (including phenoxy) is 1. The van der Waals surface area contributed by atoms with E-state index in [-0.39, 0.29) is 12.3 Å². The first-order valence-corrected chi connectivity index (χ1v) is 11.7. The van der Waals surface area contributed by atoms with Crippen LogP contribution in [0.15, 0.2) is 52.9 Å². The number of nitrogens with zero attached hydrogens (tertiary/aromatic N) is 3. The first kappa shape index (κ1) is 23.1. The van der Waals surface area contributed by atoms with Crippen LogP contribution in [0.25, 0.3) is 16.8 Å². The normalized spacial score (nSPS) is 20.8. The van der Waals surface area contributed by atoms with Gasteiger partial charge in [0, 0.05) is 12.1 Å². The molecule has 0 atom stereocenters. The highest BCUT2D eigenvalue weighted by molar-refractivity contribution is 5.77. The smallest absolute Gasteiger partial charge is 0.364 e. The number of carbonyl (C=O) groups is 1. The van der Waals surface area contributed by atoms with E-state index in [0.29, 0.717) is 30.7 Å². The van der Waals surface area contributed by atoms with Crippen molar-refractivity contribution in [2.45, 2.75) is 52.0 Å². The van der Waals surface area contributed by atoms with E-state index in [4.69, 9.17) is 14.9 Å². The largest absolute Gasteiger partial charge is 0.480 e. The maximum Gasteiger partial charge on any atom is 0.364 e. The zero-order valence-corrected chi connectivity index (χ0v) is 19.1. The predicted octanol–water partition coefficient (Wildman–Crippen LogP) is 4.34. The average molecular weight is 450 g/mol. The van der Waals surface area contributed by atoms with Crippen LogP contribution in [-0.4, -0.2) is 39.1 Å². The van der Waals surface area contributed by atoms with Gasteiger partial charge in [0.2, 0.25) is 0 Å². The summed E-state index contributed by atoms with van der Waals surface area (Å²) in [6.07, 6.45) is 9.97. The Bertz CT molecular complexity index is 1100. The fraction of sp³-hybridized carbons (Fsp3) is 0.462. The Hall–Kier alpha value is -3.06. The lowest BCUT2D eigenvalue weighted by Gasteiger charge is -2.28. The van der Waals surface area contributed by atoms with Crippen molar-refractivity contribution in [2.24, 2.45) is 11.8 Å². The third-order valence-corrected chi connectivity index (χ3v) is 6.56. The van der Waals surface area contributed by atoms with Crippen LogP contribution < -0.4 is 5.69 Å². The van der Waals surface area contributed by atoms with Gasteiger partial charge in [0.1, 0.15) is 18.0 Å². The summed E-state index contributed by atoms with van der Waals surface area (Å²) in [6, 6.07) is 9.78. The van der Waals surface area contributed by atoms with Crippen LogP contribution in [0, 0.1) is 11.8 Å². The highest BCUT2D eigenvalue weighted by Gasteiger charge is 2.24. The molecule has 0 aliphatic heterocycles. The van der Waals surface area contributed by atoms with Gasteiger partial charge in [0.15, 0.2) is 0 Å². The SMILES string of the molecule is CC1=CC=C(c2nn(CC3CCC(COCC(=O)O)CC3)c(=O)nc2-c2ccccc2)CC1. The van der Waals surface area contributed by atoms with E-state index in [1.54, 1.807) is 4.68 Å². The van der Waals surface area contributed by atoms with Crippen molar-refractivity contribution in [1.29, 1.82) is 0 Å². The number of hydrogen-bond donors (Lipinski definition) is 1. The van der Waals surface area contributed by atoms with Crippen molar-refractivity contribution >= 4 is 11.5 Å². The highest BCUT2D eigenvalue weighted by atomic mass is 16.5. The first-order chi connectivity index (χ1) is 16.0. The molecule has 4 rings (SSSR count). The van der Waals surface area contributed by atoms with Crippen LogP contribution in [0.2, 0.25) is 0 Å². The Morgan fingerprint density at radius 3 is 2.45 bits per heavy atom. The van der Waals surface area contributed by atoms with Crippen LogP contribution in [0.4, 0.5) is 0 Å². The molecule has 7 heteroatoms. The molecular formula is C26H31N3O4. The fourth-order valence-electron chi connectivity index (χ4n) is 4.63. The Labute approximate surface area is 193 Å². The molecule has 1 saturated carbocycles. The topological polar surface area (TPSA) is 94.3 Å². The maximum atomic E-state index is 12.9. The number of aliphatic carboxylic acids is 1. The summed E-state index contributed by atoms with van der Waals surface area (Å²) < 4.78 is 6.81. The molecule has 2 aliphatic rings. The third-order valence-electron chi connectivity index (χ3n) is 6.56. The van der Waals surface area contributed by atoms with Gasteiger partial charge in [-0.1, -0.05) is 48.1 Å². The van der Waals surface area contributed by atoms with Gasteiger partial charge >= 0.3 is 11.7 Å². The van der Waals surface area contributed by atoms with Gasteiger partial charge in [-0.2, -0.15) is 10.1 Å². The van der Waals surface area contributed by atoms with Crippen LogP contribution in [-0.2, 0) is 16.1 Å². The standard InChI is InChI=1S/C26H31N3O4/c1-18-7-13-22(14-8-18)25-24(21-5-3-2-4-6-21)27-26(32)29(28-25)15-19-9-11-20(12-10-19)16-33-17-23(30)31/h2-7,13,19-20H,8-12,14-17H2,1H3,(H,30,31). The molecule has 1 N–H and O–H groups in total. The number of aromatic nitrogens is 3. The summed E-state index contributed by atoms with van der Waals surface area (Å²) in [5, 5.41) is 13.6. The van der Waals surface area contributed by atoms with E-state index >= 15 is 0 Å². The minimum absolute atomic E-state index is 0.244. The van der Waals surface area contributed by atoms with Gasteiger partial charge in [-0.3, -0.25) is 0 Å². The molecule has 2 aliphatic carbocycles. The van der Waals surface area contributed by atoms with Crippen molar-refractivity contribution in [3.63, 3.8) is 0 Å². The molecule has 0 spiro atoms.